The molecule has 0 radical (unpaired) electrons. The number of piperidine rings is 1. The van der Waals surface area contributed by atoms with Crippen molar-refractivity contribution in [3.05, 3.63) is 46.5 Å². The molecule has 2 aliphatic heterocycles. The molecule has 0 aliphatic carbocycles. The molecule has 146 valence electrons. The van der Waals surface area contributed by atoms with Crippen LogP contribution >= 0.6 is 0 Å². The fraction of sp³-hybridized carbons (Fsp3) is 0.450. The Hall–Kier alpha value is -2.87. The molecule has 1 aromatic carbocycles. The van der Waals surface area contributed by atoms with E-state index in [9.17, 15) is 4.79 Å². The highest BCUT2D eigenvalue weighted by Gasteiger charge is 2.26. The summed E-state index contributed by atoms with van der Waals surface area (Å²) >= 11 is 0. The van der Waals surface area contributed by atoms with Gasteiger partial charge in [-0.3, -0.25) is 4.57 Å². The van der Waals surface area contributed by atoms with E-state index >= 15 is 0 Å². The average Bonchev–Trinajstić information content (AvgIpc) is 3.35. The summed E-state index contributed by atoms with van der Waals surface area (Å²) in [5.41, 5.74) is 8.78. The molecule has 2 aliphatic rings. The number of imidazole rings is 1. The Balaban J connectivity index is 1.36. The van der Waals surface area contributed by atoms with Gasteiger partial charge in [0.05, 0.1) is 23.3 Å². The molecule has 0 spiro atoms. The van der Waals surface area contributed by atoms with Gasteiger partial charge in [-0.15, -0.1) is 0 Å². The van der Waals surface area contributed by atoms with Crippen LogP contribution in [-0.2, 0) is 4.74 Å². The lowest BCUT2D eigenvalue weighted by molar-refractivity contribution is 0.193. The van der Waals surface area contributed by atoms with E-state index in [-0.39, 0.29) is 11.7 Å². The molecule has 8 nitrogen and oxygen atoms in total. The van der Waals surface area contributed by atoms with Crippen LogP contribution in [0.2, 0.25) is 0 Å². The standard InChI is InChI=1S/C20H24N6O2/c21-19-22-16(13-7-10-28-12-13)11-18(24-19)25-8-5-14(6-9-25)26-17-4-2-1-3-15(17)23-20(26)27/h1-4,11,13-14H,5-10,12H2,(H,23,27)(H2,21,22,24)/t13-/m0/s1. The predicted molar refractivity (Wildman–Crippen MR) is 108 cm³/mol. The SMILES string of the molecule is Nc1nc([C@H]2CCOC2)cc(N2CCC(n3c(=O)[nH]c4ccccc43)CC2)n1. The number of hydrogen-bond donors (Lipinski definition) is 2. The first-order valence-electron chi connectivity index (χ1n) is 9.85. The Morgan fingerprint density at radius 2 is 1.96 bits per heavy atom. The average molecular weight is 380 g/mol. The number of nitrogens with two attached hydrogens (primary N) is 1. The molecule has 3 N–H and O–H groups in total. The molecule has 2 fully saturated rings. The van der Waals surface area contributed by atoms with Gasteiger partial charge in [0.2, 0.25) is 5.95 Å². The van der Waals surface area contributed by atoms with E-state index in [4.69, 9.17) is 10.5 Å². The minimum absolute atomic E-state index is 0.0329. The molecule has 3 aromatic rings. The second-order valence-electron chi connectivity index (χ2n) is 7.61. The van der Waals surface area contributed by atoms with Crippen molar-refractivity contribution in [1.29, 1.82) is 0 Å². The summed E-state index contributed by atoms with van der Waals surface area (Å²) in [6.07, 6.45) is 2.74. The zero-order valence-electron chi connectivity index (χ0n) is 15.7. The molecule has 0 saturated carbocycles. The summed E-state index contributed by atoms with van der Waals surface area (Å²) in [5.74, 6) is 1.49. The third-order valence-corrected chi connectivity index (χ3v) is 5.88. The Morgan fingerprint density at radius 3 is 2.75 bits per heavy atom. The molecular formula is C20H24N6O2. The van der Waals surface area contributed by atoms with Crippen molar-refractivity contribution in [2.24, 2.45) is 0 Å². The van der Waals surface area contributed by atoms with Gasteiger partial charge in [0, 0.05) is 37.7 Å². The van der Waals surface area contributed by atoms with E-state index in [0.717, 1.165) is 61.5 Å². The summed E-state index contributed by atoms with van der Waals surface area (Å²) in [7, 11) is 0. The molecule has 5 rings (SSSR count). The number of fused-ring (bicyclic) bond motifs is 1. The van der Waals surface area contributed by atoms with Gasteiger partial charge in [0.25, 0.3) is 0 Å². The Morgan fingerprint density at radius 1 is 1.14 bits per heavy atom. The van der Waals surface area contributed by atoms with Crippen molar-refractivity contribution in [2.75, 3.05) is 36.9 Å². The Kier molecular flexibility index (Phi) is 4.27. The van der Waals surface area contributed by atoms with Crippen LogP contribution in [0.1, 0.15) is 36.9 Å². The zero-order valence-corrected chi connectivity index (χ0v) is 15.7. The van der Waals surface area contributed by atoms with Crippen molar-refractivity contribution >= 4 is 22.8 Å². The van der Waals surface area contributed by atoms with E-state index in [1.807, 2.05) is 34.9 Å². The van der Waals surface area contributed by atoms with Crippen molar-refractivity contribution in [1.82, 2.24) is 19.5 Å². The molecule has 0 bridgehead atoms. The quantitative estimate of drug-likeness (QED) is 0.721. The van der Waals surface area contributed by atoms with Crippen molar-refractivity contribution in [2.45, 2.75) is 31.2 Å². The molecule has 1 atom stereocenters. The summed E-state index contributed by atoms with van der Waals surface area (Å²) in [6.45, 7) is 3.12. The number of para-hydroxylation sites is 2. The van der Waals surface area contributed by atoms with Crippen molar-refractivity contribution in [3.63, 3.8) is 0 Å². The highest BCUT2D eigenvalue weighted by atomic mass is 16.5. The summed E-state index contributed by atoms with van der Waals surface area (Å²) < 4.78 is 7.39. The zero-order chi connectivity index (χ0) is 19.1. The fourth-order valence-electron chi connectivity index (χ4n) is 4.40. The molecular weight excluding hydrogens is 356 g/mol. The molecule has 0 unspecified atom stereocenters. The Bertz CT molecular complexity index is 1040. The van der Waals surface area contributed by atoms with E-state index in [1.54, 1.807) is 0 Å². The Labute approximate surface area is 162 Å². The van der Waals surface area contributed by atoms with E-state index in [0.29, 0.717) is 18.5 Å². The summed E-state index contributed by atoms with van der Waals surface area (Å²) in [4.78, 5) is 26.6. The van der Waals surface area contributed by atoms with Crippen LogP contribution in [0.4, 0.5) is 11.8 Å². The number of nitrogens with one attached hydrogen (secondary N) is 1. The van der Waals surface area contributed by atoms with Gasteiger partial charge in [-0.2, -0.15) is 4.98 Å². The summed E-state index contributed by atoms with van der Waals surface area (Å²) in [5, 5.41) is 0. The molecule has 0 amide bonds. The smallest absolute Gasteiger partial charge is 0.326 e. The van der Waals surface area contributed by atoms with Gasteiger partial charge in [0.1, 0.15) is 5.82 Å². The maximum atomic E-state index is 12.5. The predicted octanol–water partition coefficient (Wildman–Crippen LogP) is 2.05. The van der Waals surface area contributed by atoms with Crippen LogP contribution in [0.25, 0.3) is 11.0 Å². The maximum absolute atomic E-state index is 12.5. The van der Waals surface area contributed by atoms with Gasteiger partial charge in [-0.1, -0.05) is 12.1 Å². The lowest BCUT2D eigenvalue weighted by Crippen LogP contribution is -2.37. The van der Waals surface area contributed by atoms with Gasteiger partial charge >= 0.3 is 5.69 Å². The topological polar surface area (TPSA) is 102 Å². The van der Waals surface area contributed by atoms with Gasteiger partial charge < -0.3 is 20.4 Å². The molecule has 4 heterocycles. The van der Waals surface area contributed by atoms with E-state index in [1.165, 1.54) is 0 Å². The van der Waals surface area contributed by atoms with Crippen LogP contribution in [0.5, 0.6) is 0 Å². The number of nitrogens with zero attached hydrogens (tertiary/aromatic N) is 4. The minimum Gasteiger partial charge on any atom is -0.381 e. The van der Waals surface area contributed by atoms with Gasteiger partial charge in [0.15, 0.2) is 0 Å². The van der Waals surface area contributed by atoms with Gasteiger partial charge in [-0.05, 0) is 31.4 Å². The number of anilines is 2. The highest BCUT2D eigenvalue weighted by Crippen LogP contribution is 2.30. The molecule has 2 aromatic heterocycles. The molecule has 2 saturated heterocycles. The number of H-pyrrole nitrogens is 1. The second kappa shape index (κ2) is 6.94. The van der Waals surface area contributed by atoms with Crippen LogP contribution in [-0.4, -0.2) is 45.8 Å². The third-order valence-electron chi connectivity index (χ3n) is 5.88. The van der Waals surface area contributed by atoms with Gasteiger partial charge in [-0.25, -0.2) is 9.78 Å². The lowest BCUT2D eigenvalue weighted by Gasteiger charge is -2.33. The number of benzene rings is 1. The number of rotatable bonds is 3. The van der Waals surface area contributed by atoms with E-state index < -0.39 is 0 Å². The third kappa shape index (κ3) is 3.03. The first kappa shape index (κ1) is 17.2. The van der Waals surface area contributed by atoms with E-state index in [2.05, 4.69) is 19.9 Å². The van der Waals surface area contributed by atoms with Crippen molar-refractivity contribution in [3.8, 4) is 0 Å². The lowest BCUT2D eigenvalue weighted by atomic mass is 10.0. The van der Waals surface area contributed by atoms with Crippen LogP contribution in [0.15, 0.2) is 35.1 Å². The highest BCUT2D eigenvalue weighted by molar-refractivity contribution is 5.75. The van der Waals surface area contributed by atoms with Crippen LogP contribution in [0, 0.1) is 0 Å². The first-order valence-corrected chi connectivity index (χ1v) is 9.85. The fourth-order valence-corrected chi connectivity index (χ4v) is 4.40. The number of aromatic nitrogens is 4. The van der Waals surface area contributed by atoms with Crippen LogP contribution < -0.4 is 16.3 Å². The number of ether oxygens (including phenoxy) is 1. The number of nitrogen functional groups attached to an aromatic ring is 1. The second-order valence-corrected chi connectivity index (χ2v) is 7.61. The number of aromatic amines is 1. The van der Waals surface area contributed by atoms with Crippen molar-refractivity contribution < 1.29 is 4.74 Å². The summed E-state index contributed by atoms with van der Waals surface area (Å²) in [6, 6.07) is 10.1. The maximum Gasteiger partial charge on any atom is 0.326 e. The number of hydrogen-bond acceptors (Lipinski definition) is 6. The molecule has 8 heteroatoms. The minimum atomic E-state index is -0.0329. The normalized spacial score (nSPS) is 20.9. The first-order chi connectivity index (χ1) is 13.7. The van der Waals surface area contributed by atoms with Crippen LogP contribution in [0.3, 0.4) is 0 Å². The largest absolute Gasteiger partial charge is 0.381 e. The monoisotopic (exact) mass is 380 g/mol. The molecule has 28 heavy (non-hydrogen) atoms.